The molecule has 7 heteroatoms. The van der Waals surface area contributed by atoms with E-state index in [-0.39, 0.29) is 11.7 Å². The van der Waals surface area contributed by atoms with Gasteiger partial charge in [0.25, 0.3) is 0 Å². The molecule has 0 bridgehead atoms. The van der Waals surface area contributed by atoms with Crippen LogP contribution in [0.2, 0.25) is 0 Å². The van der Waals surface area contributed by atoms with Gasteiger partial charge in [0, 0.05) is 0 Å². The Morgan fingerprint density at radius 3 is 2.26 bits per heavy atom. The van der Waals surface area contributed by atoms with Gasteiger partial charge >= 0.3 is 5.97 Å². The molecular formula is C12H23NO5S. The van der Waals surface area contributed by atoms with Gasteiger partial charge in [0.05, 0.1) is 5.75 Å². The van der Waals surface area contributed by atoms with E-state index in [9.17, 15) is 18.0 Å². The number of carboxylic acid groups (broad SMARTS) is 1. The summed E-state index contributed by atoms with van der Waals surface area (Å²) in [5.41, 5.74) is 0. The summed E-state index contributed by atoms with van der Waals surface area (Å²) in [6, 6.07) is -1.01. The van der Waals surface area contributed by atoms with Gasteiger partial charge in [-0.05, 0) is 12.3 Å². The summed E-state index contributed by atoms with van der Waals surface area (Å²) in [7, 11) is -3.48. The van der Waals surface area contributed by atoms with Crippen molar-refractivity contribution in [3.05, 3.63) is 0 Å². The molecule has 0 radical (unpaired) electrons. The van der Waals surface area contributed by atoms with E-state index in [0.29, 0.717) is 12.8 Å². The van der Waals surface area contributed by atoms with Gasteiger partial charge in [-0.3, -0.25) is 4.79 Å². The van der Waals surface area contributed by atoms with Crippen LogP contribution in [0, 0.1) is 5.92 Å². The molecule has 0 aliphatic carbocycles. The monoisotopic (exact) mass is 293 g/mol. The molecule has 6 nitrogen and oxygen atoms in total. The van der Waals surface area contributed by atoms with Gasteiger partial charge in [-0.25, -0.2) is 13.2 Å². The molecule has 1 atom stereocenters. The molecule has 0 rings (SSSR count). The Kier molecular flexibility index (Phi) is 7.66. The van der Waals surface area contributed by atoms with Crippen molar-refractivity contribution in [3.8, 4) is 0 Å². The summed E-state index contributed by atoms with van der Waals surface area (Å²) in [5, 5.41) is 11.2. The first-order chi connectivity index (χ1) is 8.68. The molecule has 0 heterocycles. The van der Waals surface area contributed by atoms with Gasteiger partial charge in [-0.2, -0.15) is 0 Å². The number of unbranched alkanes of at least 4 members (excludes halogenated alkanes) is 1. The third kappa shape index (κ3) is 8.58. The van der Waals surface area contributed by atoms with Crippen molar-refractivity contribution in [2.24, 2.45) is 5.92 Å². The number of hydrogen-bond donors (Lipinski definition) is 2. The number of carbonyl (C=O) groups is 2. The van der Waals surface area contributed by atoms with Crippen LogP contribution in [0.1, 0.15) is 40.0 Å². The Labute approximate surface area is 114 Å². The summed E-state index contributed by atoms with van der Waals surface area (Å²) in [6.07, 6.45) is 1.78. The second kappa shape index (κ2) is 8.14. The summed E-state index contributed by atoms with van der Waals surface area (Å²) in [6.45, 7) is 5.40. The molecule has 0 saturated carbocycles. The SMILES string of the molecule is CCCCC(NC(=O)CS(=O)(=O)CC(C)C)C(=O)O. The molecule has 0 aliphatic heterocycles. The third-order valence-corrected chi connectivity index (χ3v) is 4.29. The van der Waals surface area contributed by atoms with Crippen LogP contribution in [0.3, 0.4) is 0 Å². The highest BCUT2D eigenvalue weighted by Crippen LogP contribution is 2.03. The Balaban J connectivity index is 4.45. The predicted octanol–water partition coefficient (Wildman–Crippen LogP) is 0.817. The van der Waals surface area contributed by atoms with Crippen molar-refractivity contribution in [3.63, 3.8) is 0 Å². The fourth-order valence-electron chi connectivity index (χ4n) is 1.67. The maximum Gasteiger partial charge on any atom is 0.326 e. The van der Waals surface area contributed by atoms with E-state index < -0.39 is 33.5 Å². The minimum atomic E-state index is -3.48. The standard InChI is InChI=1S/C12H23NO5S/c1-4-5-6-10(12(15)16)13-11(14)8-19(17,18)7-9(2)3/h9-10H,4-8H2,1-3H3,(H,13,14)(H,15,16). The predicted molar refractivity (Wildman–Crippen MR) is 72.6 cm³/mol. The number of hydrogen-bond acceptors (Lipinski definition) is 4. The first-order valence-electron chi connectivity index (χ1n) is 6.40. The maximum absolute atomic E-state index is 11.6. The van der Waals surface area contributed by atoms with Crippen molar-refractivity contribution < 1.29 is 23.1 Å². The second-order valence-electron chi connectivity index (χ2n) is 5.05. The topological polar surface area (TPSA) is 101 Å². The molecule has 112 valence electrons. The quantitative estimate of drug-likeness (QED) is 0.655. The number of nitrogens with one attached hydrogen (secondary N) is 1. The molecule has 0 aliphatic rings. The van der Waals surface area contributed by atoms with Gasteiger partial charge < -0.3 is 10.4 Å². The van der Waals surface area contributed by atoms with E-state index in [1.807, 2.05) is 6.92 Å². The Bertz CT molecular complexity index is 402. The van der Waals surface area contributed by atoms with Gasteiger partial charge in [-0.1, -0.05) is 33.6 Å². The normalized spacial score (nSPS) is 13.3. The molecule has 0 aromatic heterocycles. The van der Waals surface area contributed by atoms with E-state index in [0.717, 1.165) is 6.42 Å². The number of aliphatic carboxylic acids is 1. The fraction of sp³-hybridized carbons (Fsp3) is 0.833. The number of rotatable bonds is 9. The van der Waals surface area contributed by atoms with E-state index in [1.54, 1.807) is 13.8 Å². The van der Waals surface area contributed by atoms with Crippen LogP contribution in [0.5, 0.6) is 0 Å². The first-order valence-corrected chi connectivity index (χ1v) is 8.22. The van der Waals surface area contributed by atoms with Crippen LogP contribution in [-0.4, -0.2) is 42.9 Å². The van der Waals surface area contributed by atoms with Crippen LogP contribution in [0.4, 0.5) is 0 Å². The third-order valence-electron chi connectivity index (χ3n) is 2.42. The van der Waals surface area contributed by atoms with Gasteiger partial charge in [-0.15, -0.1) is 0 Å². The summed E-state index contributed by atoms with van der Waals surface area (Å²) >= 11 is 0. The smallest absolute Gasteiger partial charge is 0.326 e. The van der Waals surface area contributed by atoms with E-state index >= 15 is 0 Å². The van der Waals surface area contributed by atoms with Crippen LogP contribution >= 0.6 is 0 Å². The average Bonchev–Trinajstić information content (AvgIpc) is 2.20. The van der Waals surface area contributed by atoms with Gasteiger partial charge in [0.1, 0.15) is 11.8 Å². The lowest BCUT2D eigenvalue weighted by molar-refractivity contribution is -0.141. The second-order valence-corrected chi connectivity index (χ2v) is 7.16. The molecule has 1 amide bonds. The number of sulfone groups is 1. The highest BCUT2D eigenvalue weighted by atomic mass is 32.2. The Morgan fingerprint density at radius 1 is 1.26 bits per heavy atom. The number of carbonyl (C=O) groups excluding carboxylic acids is 1. The molecule has 0 aromatic rings. The zero-order valence-electron chi connectivity index (χ0n) is 11.7. The molecular weight excluding hydrogens is 270 g/mol. The minimum Gasteiger partial charge on any atom is -0.480 e. The van der Waals surface area contributed by atoms with Crippen molar-refractivity contribution in [1.82, 2.24) is 5.32 Å². The van der Waals surface area contributed by atoms with Crippen LogP contribution in [-0.2, 0) is 19.4 Å². The van der Waals surface area contributed by atoms with Crippen molar-refractivity contribution in [2.45, 2.75) is 46.1 Å². The van der Waals surface area contributed by atoms with E-state index in [4.69, 9.17) is 5.11 Å². The molecule has 0 aromatic carbocycles. The van der Waals surface area contributed by atoms with Crippen molar-refractivity contribution in [2.75, 3.05) is 11.5 Å². The highest BCUT2D eigenvalue weighted by molar-refractivity contribution is 7.92. The lowest BCUT2D eigenvalue weighted by atomic mass is 10.1. The Morgan fingerprint density at radius 2 is 1.84 bits per heavy atom. The molecule has 0 spiro atoms. The Hall–Kier alpha value is -1.11. The van der Waals surface area contributed by atoms with Gasteiger partial charge in [0.15, 0.2) is 9.84 Å². The maximum atomic E-state index is 11.6. The zero-order valence-corrected chi connectivity index (χ0v) is 12.5. The largest absolute Gasteiger partial charge is 0.480 e. The molecule has 0 saturated heterocycles. The van der Waals surface area contributed by atoms with E-state index in [1.165, 1.54) is 0 Å². The minimum absolute atomic E-state index is 0.0619. The number of carboxylic acids is 1. The highest BCUT2D eigenvalue weighted by Gasteiger charge is 2.23. The van der Waals surface area contributed by atoms with Crippen LogP contribution in [0.15, 0.2) is 0 Å². The van der Waals surface area contributed by atoms with Crippen molar-refractivity contribution in [1.29, 1.82) is 0 Å². The summed E-state index contributed by atoms with van der Waals surface area (Å²) in [4.78, 5) is 22.5. The van der Waals surface area contributed by atoms with Crippen LogP contribution in [0.25, 0.3) is 0 Å². The first kappa shape index (κ1) is 17.9. The number of amides is 1. The van der Waals surface area contributed by atoms with Gasteiger partial charge in [0.2, 0.25) is 5.91 Å². The van der Waals surface area contributed by atoms with E-state index in [2.05, 4.69) is 5.32 Å². The van der Waals surface area contributed by atoms with Crippen molar-refractivity contribution >= 4 is 21.7 Å². The summed E-state index contributed by atoms with van der Waals surface area (Å²) < 4.78 is 23.2. The summed E-state index contributed by atoms with van der Waals surface area (Å²) in [5.74, 6) is -2.67. The lowest BCUT2D eigenvalue weighted by Gasteiger charge is -2.14. The van der Waals surface area contributed by atoms with Crippen LogP contribution < -0.4 is 5.32 Å². The molecule has 19 heavy (non-hydrogen) atoms. The fourth-order valence-corrected chi connectivity index (χ4v) is 3.28. The zero-order chi connectivity index (χ0) is 15.1. The lowest BCUT2D eigenvalue weighted by Crippen LogP contribution is -2.43. The average molecular weight is 293 g/mol. The molecule has 1 unspecified atom stereocenters. The molecule has 2 N–H and O–H groups in total. The molecule has 0 fully saturated rings.